The third kappa shape index (κ3) is 4.29. The molecular formula is C18H13ClFNO6S2. The van der Waals surface area contributed by atoms with Gasteiger partial charge in [0.1, 0.15) is 31.4 Å². The van der Waals surface area contributed by atoms with Gasteiger partial charge in [0.2, 0.25) is 0 Å². The van der Waals surface area contributed by atoms with Gasteiger partial charge in [0.25, 0.3) is 10.0 Å². The van der Waals surface area contributed by atoms with Crippen LogP contribution < -0.4 is 9.46 Å². The summed E-state index contributed by atoms with van der Waals surface area (Å²) < 4.78 is 46.4. The molecule has 0 unspecified atom stereocenters. The smallest absolute Gasteiger partial charge is 0.339 e. The number of methoxy groups -OCH3 is 1. The molecule has 3 N–H and O–H groups in total. The number of hydrogen-bond acceptors (Lipinski definition) is 6. The van der Waals surface area contributed by atoms with Crippen molar-refractivity contribution in [1.82, 2.24) is 0 Å². The molecule has 3 rings (SSSR count). The Labute approximate surface area is 174 Å². The molecule has 2 aromatic carbocycles. The molecule has 0 atom stereocenters. The first-order valence-electron chi connectivity index (χ1n) is 7.84. The van der Waals surface area contributed by atoms with Crippen LogP contribution in [0, 0.1) is 5.82 Å². The van der Waals surface area contributed by atoms with Gasteiger partial charge in [-0.15, -0.1) is 11.3 Å². The predicted molar refractivity (Wildman–Crippen MR) is 107 cm³/mol. The number of benzene rings is 2. The molecule has 0 amide bonds. The molecule has 0 bridgehead atoms. The maximum atomic E-state index is 13.7. The summed E-state index contributed by atoms with van der Waals surface area (Å²) in [5.74, 6) is -2.17. The molecule has 1 aromatic heterocycles. The number of carboxylic acid groups (broad SMARTS) is 1. The fraction of sp³-hybridized carbons (Fsp3) is 0.0556. The largest absolute Gasteiger partial charge is 0.507 e. The zero-order chi connectivity index (χ0) is 21.3. The van der Waals surface area contributed by atoms with Crippen molar-refractivity contribution in [3.8, 4) is 22.6 Å². The predicted octanol–water partition coefficient (Wildman–Crippen LogP) is 4.42. The van der Waals surface area contributed by atoms with Crippen molar-refractivity contribution < 1.29 is 32.6 Å². The number of aromatic hydroxyl groups is 1. The molecule has 0 aliphatic rings. The van der Waals surface area contributed by atoms with E-state index in [0.717, 1.165) is 23.5 Å². The maximum absolute atomic E-state index is 13.7. The highest BCUT2D eigenvalue weighted by Crippen LogP contribution is 2.42. The summed E-state index contributed by atoms with van der Waals surface area (Å²) in [5, 5.41) is 18.6. The number of phenols is 1. The third-order valence-corrected chi connectivity index (χ3v) is 7.07. The number of anilines is 1. The number of hydrogen-bond donors (Lipinski definition) is 3. The molecule has 0 aliphatic carbocycles. The maximum Gasteiger partial charge on any atom is 0.339 e. The number of halogens is 2. The molecule has 0 aliphatic heterocycles. The van der Waals surface area contributed by atoms with Gasteiger partial charge in [-0.3, -0.25) is 4.72 Å². The zero-order valence-electron chi connectivity index (χ0n) is 14.6. The van der Waals surface area contributed by atoms with E-state index in [4.69, 9.17) is 21.4 Å². The molecule has 7 nitrogen and oxygen atoms in total. The highest BCUT2D eigenvalue weighted by molar-refractivity contribution is 7.94. The van der Waals surface area contributed by atoms with Crippen molar-refractivity contribution in [2.24, 2.45) is 0 Å². The van der Waals surface area contributed by atoms with Crippen LogP contribution in [0.1, 0.15) is 10.4 Å². The van der Waals surface area contributed by atoms with Gasteiger partial charge >= 0.3 is 5.97 Å². The third-order valence-electron chi connectivity index (χ3n) is 3.86. The number of nitrogens with one attached hydrogen (secondary N) is 1. The number of thiophene rings is 1. The summed E-state index contributed by atoms with van der Waals surface area (Å²) in [7, 11) is -2.72. The van der Waals surface area contributed by atoms with Crippen LogP contribution in [0.25, 0.3) is 11.1 Å². The van der Waals surface area contributed by atoms with Gasteiger partial charge in [-0.2, -0.15) is 0 Å². The number of carboxylic acids is 1. The Hall–Kier alpha value is -2.82. The molecule has 3 aromatic rings. The van der Waals surface area contributed by atoms with E-state index >= 15 is 0 Å². The summed E-state index contributed by atoms with van der Waals surface area (Å²) in [5.41, 5.74) is 0.158. The van der Waals surface area contributed by atoms with Gasteiger partial charge in [-0.05, 0) is 36.4 Å². The zero-order valence-corrected chi connectivity index (χ0v) is 17.0. The Morgan fingerprint density at radius 3 is 2.52 bits per heavy atom. The van der Waals surface area contributed by atoms with Gasteiger partial charge in [-0.1, -0.05) is 11.6 Å². The molecule has 0 saturated heterocycles. The Balaban J connectivity index is 1.98. The van der Waals surface area contributed by atoms with E-state index in [9.17, 15) is 22.7 Å². The Bertz CT molecular complexity index is 1210. The van der Waals surface area contributed by atoms with Crippen molar-refractivity contribution in [2.75, 3.05) is 11.8 Å². The van der Waals surface area contributed by atoms with Gasteiger partial charge in [0.15, 0.2) is 0 Å². The van der Waals surface area contributed by atoms with E-state index in [1.54, 1.807) is 0 Å². The summed E-state index contributed by atoms with van der Waals surface area (Å²) in [4.78, 5) is 10.9. The first-order valence-corrected chi connectivity index (χ1v) is 10.5. The SMILES string of the molecule is COc1ccc(F)cc1-c1cc(S(=O)(=O)Nc2ccc(C(=O)O)c(O)c2)sc1Cl. The topological polar surface area (TPSA) is 113 Å². The van der Waals surface area contributed by atoms with Crippen LogP contribution in [-0.2, 0) is 10.0 Å². The molecule has 0 radical (unpaired) electrons. The molecule has 0 spiro atoms. The van der Waals surface area contributed by atoms with E-state index in [-0.39, 0.29) is 25.4 Å². The quantitative estimate of drug-likeness (QED) is 0.505. The fourth-order valence-electron chi connectivity index (χ4n) is 2.54. The van der Waals surface area contributed by atoms with E-state index in [1.807, 2.05) is 0 Å². The van der Waals surface area contributed by atoms with Crippen LogP contribution in [-0.4, -0.2) is 31.7 Å². The standard InChI is InChI=1S/C18H13ClFNO6S2/c1-27-15-5-2-9(20)6-12(15)13-8-16(28-17(13)19)29(25,26)21-10-3-4-11(18(23)24)14(22)7-10/h2-8,21-22H,1H3,(H,23,24). The van der Waals surface area contributed by atoms with Crippen LogP contribution in [0.5, 0.6) is 11.5 Å². The molecular weight excluding hydrogens is 445 g/mol. The van der Waals surface area contributed by atoms with Gasteiger partial charge < -0.3 is 14.9 Å². The van der Waals surface area contributed by atoms with Crippen molar-refractivity contribution in [3.63, 3.8) is 0 Å². The second kappa shape index (κ2) is 7.90. The lowest BCUT2D eigenvalue weighted by Crippen LogP contribution is -2.11. The van der Waals surface area contributed by atoms with E-state index in [0.29, 0.717) is 11.3 Å². The normalized spacial score (nSPS) is 11.3. The molecule has 1 heterocycles. The van der Waals surface area contributed by atoms with Crippen LogP contribution in [0.2, 0.25) is 4.34 Å². The number of carbonyl (C=O) groups is 1. The van der Waals surface area contributed by atoms with Crippen LogP contribution in [0.3, 0.4) is 0 Å². The van der Waals surface area contributed by atoms with Gasteiger partial charge in [0, 0.05) is 17.2 Å². The molecule has 29 heavy (non-hydrogen) atoms. The Morgan fingerprint density at radius 2 is 1.90 bits per heavy atom. The Kier molecular flexibility index (Phi) is 5.69. The van der Waals surface area contributed by atoms with Crippen LogP contribution in [0.15, 0.2) is 46.7 Å². The Morgan fingerprint density at radius 1 is 1.17 bits per heavy atom. The number of rotatable bonds is 6. The fourth-order valence-corrected chi connectivity index (χ4v) is 5.34. The number of ether oxygens (including phenoxy) is 1. The summed E-state index contributed by atoms with van der Waals surface area (Å²) in [6.07, 6.45) is 0. The first kappa shape index (κ1) is 20.9. The summed E-state index contributed by atoms with van der Waals surface area (Å²) in [6.45, 7) is 0. The summed E-state index contributed by atoms with van der Waals surface area (Å²) >= 11 is 6.95. The number of aromatic carboxylic acids is 1. The second-order valence-corrected chi connectivity index (χ2v) is 9.30. The van der Waals surface area contributed by atoms with Gasteiger partial charge in [0.05, 0.1) is 12.8 Å². The summed E-state index contributed by atoms with van der Waals surface area (Å²) in [6, 6.07) is 8.31. The van der Waals surface area contributed by atoms with E-state index in [2.05, 4.69) is 4.72 Å². The van der Waals surface area contributed by atoms with Crippen LogP contribution in [0.4, 0.5) is 10.1 Å². The van der Waals surface area contributed by atoms with Crippen LogP contribution >= 0.6 is 22.9 Å². The van der Waals surface area contributed by atoms with E-state index < -0.39 is 27.6 Å². The average Bonchev–Trinajstić information content (AvgIpc) is 3.03. The highest BCUT2D eigenvalue weighted by atomic mass is 35.5. The minimum absolute atomic E-state index is 0.0399. The van der Waals surface area contributed by atoms with Crippen molar-refractivity contribution in [1.29, 1.82) is 0 Å². The molecule has 0 fully saturated rings. The molecule has 152 valence electrons. The lowest BCUT2D eigenvalue weighted by atomic mass is 10.1. The average molecular weight is 458 g/mol. The molecule has 0 saturated carbocycles. The molecule has 11 heteroatoms. The minimum atomic E-state index is -4.11. The lowest BCUT2D eigenvalue weighted by molar-refractivity contribution is 0.0693. The number of sulfonamides is 1. The van der Waals surface area contributed by atoms with Gasteiger partial charge in [-0.25, -0.2) is 17.6 Å². The second-order valence-electron chi connectivity index (χ2n) is 5.74. The monoisotopic (exact) mass is 457 g/mol. The lowest BCUT2D eigenvalue weighted by Gasteiger charge is -2.08. The minimum Gasteiger partial charge on any atom is -0.507 e. The van der Waals surface area contributed by atoms with Crippen molar-refractivity contribution in [2.45, 2.75) is 4.21 Å². The first-order chi connectivity index (χ1) is 13.6. The van der Waals surface area contributed by atoms with Crippen molar-refractivity contribution in [3.05, 3.63) is 58.2 Å². The van der Waals surface area contributed by atoms with Crippen molar-refractivity contribution >= 4 is 44.6 Å². The highest BCUT2D eigenvalue weighted by Gasteiger charge is 2.23. The van der Waals surface area contributed by atoms with E-state index in [1.165, 1.54) is 37.4 Å².